The fourth-order valence-electron chi connectivity index (χ4n) is 1.25. The molecule has 0 unspecified atom stereocenters. The van der Waals surface area contributed by atoms with E-state index in [-0.39, 0.29) is 0 Å². The van der Waals surface area contributed by atoms with Crippen LogP contribution < -0.4 is 10.6 Å². The molecule has 1 rings (SSSR count). The van der Waals surface area contributed by atoms with Crippen molar-refractivity contribution in [1.29, 1.82) is 0 Å². The van der Waals surface area contributed by atoms with Crippen LogP contribution in [0.25, 0.3) is 0 Å². The number of amides is 2. The van der Waals surface area contributed by atoms with Gasteiger partial charge in [0.05, 0.1) is 6.04 Å². The normalized spacial score (nSPS) is 13.2. The zero-order chi connectivity index (χ0) is 13.8. The average molecular weight is 265 g/mol. The summed E-state index contributed by atoms with van der Waals surface area (Å²) >= 11 is 0. The minimum absolute atomic E-state index is 0.345. The predicted octanol–water partition coefficient (Wildman–Crippen LogP) is 1.43. The third kappa shape index (κ3) is 4.60. The monoisotopic (exact) mass is 265 g/mol. The van der Waals surface area contributed by atoms with Gasteiger partial charge in [-0.3, -0.25) is 5.10 Å². The molecular weight excluding hydrogens is 251 g/mol. The molecule has 6 nitrogen and oxygen atoms in total. The fraction of sp³-hybridized carbons (Fsp3) is 0.667. The number of aromatic nitrogens is 3. The molecule has 1 aromatic heterocycles. The van der Waals surface area contributed by atoms with Crippen LogP contribution in [0, 0.1) is 6.92 Å². The molecule has 1 aromatic rings. The number of urea groups is 1. The Kier molecular flexibility index (Phi) is 4.51. The zero-order valence-corrected chi connectivity index (χ0v) is 9.93. The number of nitrogens with one attached hydrogen (secondary N) is 3. The maximum Gasteiger partial charge on any atom is 0.405 e. The fourth-order valence-corrected chi connectivity index (χ4v) is 1.25. The predicted molar refractivity (Wildman–Crippen MR) is 56.7 cm³/mol. The first-order valence-corrected chi connectivity index (χ1v) is 5.32. The number of halogens is 3. The molecule has 3 N–H and O–H groups in total. The highest BCUT2D eigenvalue weighted by Gasteiger charge is 2.28. The molecule has 0 saturated heterocycles. The largest absolute Gasteiger partial charge is 0.405 e. The van der Waals surface area contributed by atoms with Gasteiger partial charge < -0.3 is 10.6 Å². The summed E-state index contributed by atoms with van der Waals surface area (Å²) in [4.78, 5) is 15.3. The van der Waals surface area contributed by atoms with Crippen LogP contribution in [0.15, 0.2) is 0 Å². The maximum atomic E-state index is 11.9. The summed E-state index contributed by atoms with van der Waals surface area (Å²) in [6.07, 6.45) is -3.96. The van der Waals surface area contributed by atoms with Gasteiger partial charge in [0.15, 0.2) is 5.82 Å². The van der Waals surface area contributed by atoms with Crippen LogP contribution in [0.2, 0.25) is 0 Å². The van der Waals surface area contributed by atoms with Crippen molar-refractivity contribution in [3.8, 4) is 0 Å². The van der Waals surface area contributed by atoms with E-state index in [9.17, 15) is 18.0 Å². The van der Waals surface area contributed by atoms with E-state index < -0.39 is 24.8 Å². The topological polar surface area (TPSA) is 82.7 Å². The van der Waals surface area contributed by atoms with E-state index >= 15 is 0 Å². The first-order chi connectivity index (χ1) is 8.31. The van der Waals surface area contributed by atoms with Crippen LogP contribution in [0.1, 0.15) is 31.0 Å². The van der Waals surface area contributed by atoms with Crippen LogP contribution >= 0.6 is 0 Å². The van der Waals surface area contributed by atoms with Crippen LogP contribution in [-0.2, 0) is 0 Å². The van der Waals surface area contributed by atoms with E-state index in [0.717, 1.165) is 0 Å². The molecule has 0 spiro atoms. The highest BCUT2D eigenvalue weighted by molar-refractivity contribution is 5.74. The van der Waals surface area contributed by atoms with E-state index in [4.69, 9.17) is 0 Å². The van der Waals surface area contributed by atoms with Gasteiger partial charge in [0.2, 0.25) is 0 Å². The Morgan fingerprint density at radius 1 is 1.50 bits per heavy atom. The van der Waals surface area contributed by atoms with Gasteiger partial charge in [0.1, 0.15) is 12.4 Å². The second kappa shape index (κ2) is 5.69. The minimum atomic E-state index is -4.43. The Morgan fingerprint density at radius 3 is 2.61 bits per heavy atom. The van der Waals surface area contributed by atoms with Crippen molar-refractivity contribution in [3.63, 3.8) is 0 Å². The molecule has 0 aromatic carbocycles. The summed E-state index contributed by atoms with van der Waals surface area (Å²) in [5.41, 5.74) is 0. The summed E-state index contributed by atoms with van der Waals surface area (Å²) in [6, 6.07) is -1.43. The van der Waals surface area contributed by atoms with Gasteiger partial charge in [0.25, 0.3) is 0 Å². The molecule has 0 radical (unpaired) electrons. The van der Waals surface area contributed by atoms with E-state index in [1.54, 1.807) is 19.2 Å². The van der Waals surface area contributed by atoms with Crippen molar-refractivity contribution in [2.45, 2.75) is 32.5 Å². The minimum Gasteiger partial charge on any atom is -0.329 e. The molecule has 2 amide bonds. The lowest BCUT2D eigenvalue weighted by Gasteiger charge is -2.15. The maximum absolute atomic E-state index is 11.9. The standard InChI is InChI=1S/C9H14F3N5O/c1-3-6(7-14-5(2)16-17-7)15-8(18)13-4-9(10,11)12/h6H,3-4H2,1-2H3,(H2,13,15,18)(H,14,16,17)/t6-/m1/s1. The van der Waals surface area contributed by atoms with Crippen molar-refractivity contribution in [2.75, 3.05) is 6.54 Å². The average Bonchev–Trinajstić information content (AvgIpc) is 2.69. The molecular formula is C9H14F3N5O. The molecule has 1 heterocycles. The number of nitrogens with zero attached hydrogens (tertiary/aromatic N) is 2. The van der Waals surface area contributed by atoms with Gasteiger partial charge in [-0.2, -0.15) is 18.3 Å². The first kappa shape index (κ1) is 14.3. The lowest BCUT2D eigenvalue weighted by atomic mass is 10.2. The molecule has 0 bridgehead atoms. The highest BCUT2D eigenvalue weighted by Crippen LogP contribution is 2.13. The lowest BCUT2D eigenvalue weighted by Crippen LogP contribution is -2.42. The van der Waals surface area contributed by atoms with Crippen LogP contribution in [0.3, 0.4) is 0 Å². The van der Waals surface area contributed by atoms with Crippen molar-refractivity contribution >= 4 is 6.03 Å². The number of carbonyl (C=O) groups is 1. The summed E-state index contributed by atoms with van der Waals surface area (Å²) in [5, 5.41) is 10.5. The van der Waals surface area contributed by atoms with E-state index in [1.165, 1.54) is 0 Å². The zero-order valence-electron chi connectivity index (χ0n) is 9.93. The number of alkyl halides is 3. The van der Waals surface area contributed by atoms with Crippen LogP contribution in [0.4, 0.5) is 18.0 Å². The Bertz CT molecular complexity index is 403. The second-order valence-corrected chi connectivity index (χ2v) is 3.68. The Labute approximate surface area is 101 Å². The number of aromatic amines is 1. The first-order valence-electron chi connectivity index (χ1n) is 5.32. The second-order valence-electron chi connectivity index (χ2n) is 3.68. The number of H-pyrrole nitrogens is 1. The number of hydrogen-bond acceptors (Lipinski definition) is 3. The van der Waals surface area contributed by atoms with E-state index in [1.807, 2.05) is 0 Å². The molecule has 0 aliphatic heterocycles. The summed E-state index contributed by atoms with van der Waals surface area (Å²) < 4.78 is 35.7. The molecule has 0 fully saturated rings. The number of carbonyl (C=O) groups excluding carboxylic acids is 1. The summed E-state index contributed by atoms with van der Waals surface area (Å²) in [6.45, 7) is 2.08. The third-order valence-electron chi connectivity index (χ3n) is 2.09. The number of aryl methyl sites for hydroxylation is 1. The molecule has 1 atom stereocenters. The molecule has 0 saturated carbocycles. The molecule has 18 heavy (non-hydrogen) atoms. The Morgan fingerprint density at radius 2 is 2.17 bits per heavy atom. The van der Waals surface area contributed by atoms with Gasteiger partial charge in [-0.15, -0.1) is 0 Å². The Hall–Kier alpha value is -1.80. The number of hydrogen-bond donors (Lipinski definition) is 3. The molecule has 0 aliphatic carbocycles. The van der Waals surface area contributed by atoms with Crippen molar-refractivity contribution in [2.24, 2.45) is 0 Å². The summed E-state index contributed by atoms with van der Waals surface area (Å²) in [7, 11) is 0. The van der Waals surface area contributed by atoms with Crippen molar-refractivity contribution in [3.05, 3.63) is 11.6 Å². The van der Waals surface area contributed by atoms with Gasteiger partial charge in [-0.25, -0.2) is 9.78 Å². The van der Waals surface area contributed by atoms with Crippen molar-refractivity contribution in [1.82, 2.24) is 25.8 Å². The SMILES string of the molecule is CC[C@@H](NC(=O)NCC(F)(F)F)c1n[nH]c(C)n1. The smallest absolute Gasteiger partial charge is 0.329 e. The highest BCUT2D eigenvalue weighted by atomic mass is 19.4. The molecule has 102 valence electrons. The third-order valence-corrected chi connectivity index (χ3v) is 2.09. The Balaban J connectivity index is 2.51. The van der Waals surface area contributed by atoms with Crippen molar-refractivity contribution < 1.29 is 18.0 Å². The molecule has 0 aliphatic rings. The van der Waals surface area contributed by atoms with Gasteiger partial charge in [0, 0.05) is 0 Å². The quantitative estimate of drug-likeness (QED) is 0.770. The molecule has 9 heteroatoms. The van der Waals surface area contributed by atoms with E-state index in [2.05, 4.69) is 20.5 Å². The summed E-state index contributed by atoms with van der Waals surface area (Å²) in [5.74, 6) is 0.915. The lowest BCUT2D eigenvalue weighted by molar-refractivity contribution is -0.122. The van der Waals surface area contributed by atoms with Crippen LogP contribution in [-0.4, -0.2) is 33.9 Å². The van der Waals surface area contributed by atoms with Gasteiger partial charge in [-0.05, 0) is 13.3 Å². The van der Waals surface area contributed by atoms with Gasteiger partial charge in [-0.1, -0.05) is 6.92 Å². The van der Waals surface area contributed by atoms with E-state index in [0.29, 0.717) is 18.1 Å². The van der Waals surface area contributed by atoms with Gasteiger partial charge >= 0.3 is 12.2 Å². The number of rotatable bonds is 4. The van der Waals surface area contributed by atoms with Crippen LogP contribution in [0.5, 0.6) is 0 Å².